The third-order valence-electron chi connectivity index (χ3n) is 4.45. The summed E-state index contributed by atoms with van der Waals surface area (Å²) >= 11 is 0. The quantitative estimate of drug-likeness (QED) is 0.621. The topological polar surface area (TPSA) is 54.0 Å². The molecule has 3 aromatic rings. The number of carbonyl (C=O) groups excluding carboxylic acids is 1. The van der Waals surface area contributed by atoms with E-state index in [4.69, 9.17) is 0 Å². The fraction of sp³-hybridized carbons (Fsp3) is 0.217. The molecule has 3 rings (SSSR count). The highest BCUT2D eigenvalue weighted by Crippen LogP contribution is 2.24. The van der Waals surface area contributed by atoms with Crippen molar-refractivity contribution in [2.45, 2.75) is 33.2 Å². The van der Waals surface area contributed by atoms with E-state index in [0.717, 1.165) is 16.9 Å². The highest BCUT2D eigenvalue weighted by molar-refractivity contribution is 6.05. The zero-order valence-electron chi connectivity index (χ0n) is 16.0. The van der Waals surface area contributed by atoms with Gasteiger partial charge in [-0.25, -0.2) is 0 Å². The number of nitrogens with zero attached hydrogens (tertiary/aromatic N) is 1. The average Bonchev–Trinajstić information content (AvgIpc) is 2.68. The van der Waals surface area contributed by atoms with Crippen LogP contribution >= 0.6 is 0 Å². The van der Waals surface area contributed by atoms with E-state index in [0.29, 0.717) is 18.0 Å². The Morgan fingerprint density at radius 2 is 1.78 bits per heavy atom. The summed E-state index contributed by atoms with van der Waals surface area (Å²) in [7, 11) is 0. The molecule has 138 valence electrons. The number of benzene rings is 2. The fourth-order valence-corrected chi connectivity index (χ4v) is 2.88. The van der Waals surface area contributed by atoms with E-state index >= 15 is 0 Å². The van der Waals surface area contributed by atoms with Crippen molar-refractivity contribution in [2.24, 2.45) is 0 Å². The second kappa shape index (κ2) is 8.49. The molecule has 4 heteroatoms. The molecule has 0 saturated heterocycles. The lowest BCUT2D eigenvalue weighted by Gasteiger charge is -2.14. The lowest BCUT2D eigenvalue weighted by molar-refractivity contribution is 0.102. The van der Waals surface area contributed by atoms with Crippen molar-refractivity contribution in [2.75, 3.05) is 10.6 Å². The number of amides is 1. The first-order valence-electron chi connectivity index (χ1n) is 9.17. The number of hydrogen-bond donors (Lipinski definition) is 2. The van der Waals surface area contributed by atoms with Gasteiger partial charge in [0.1, 0.15) is 0 Å². The molecule has 1 amide bonds. The molecule has 0 fully saturated rings. The van der Waals surface area contributed by atoms with E-state index in [1.165, 1.54) is 11.1 Å². The molecule has 1 heterocycles. The van der Waals surface area contributed by atoms with Crippen LogP contribution in [0.15, 0.2) is 67.0 Å². The Hall–Kier alpha value is -3.14. The van der Waals surface area contributed by atoms with Crippen LogP contribution in [0.25, 0.3) is 0 Å². The summed E-state index contributed by atoms with van der Waals surface area (Å²) in [5.74, 6) is 0.178. The predicted octanol–water partition coefficient (Wildman–Crippen LogP) is 5.38. The van der Waals surface area contributed by atoms with Crippen LogP contribution in [0.3, 0.4) is 0 Å². The Kier molecular flexibility index (Phi) is 5.87. The van der Waals surface area contributed by atoms with Gasteiger partial charge < -0.3 is 10.6 Å². The summed E-state index contributed by atoms with van der Waals surface area (Å²) in [5, 5.41) is 6.34. The molecule has 0 aliphatic rings. The summed E-state index contributed by atoms with van der Waals surface area (Å²) in [6.45, 7) is 6.98. The summed E-state index contributed by atoms with van der Waals surface area (Å²) in [4.78, 5) is 16.9. The third kappa shape index (κ3) is 4.94. The second-order valence-electron chi connectivity index (χ2n) is 7.00. The van der Waals surface area contributed by atoms with E-state index in [2.05, 4.69) is 60.7 Å². The van der Waals surface area contributed by atoms with E-state index < -0.39 is 0 Å². The van der Waals surface area contributed by atoms with Crippen molar-refractivity contribution < 1.29 is 4.79 Å². The van der Waals surface area contributed by atoms with Gasteiger partial charge in [-0.2, -0.15) is 0 Å². The molecule has 0 saturated carbocycles. The Balaban J connectivity index is 1.69. The summed E-state index contributed by atoms with van der Waals surface area (Å²) in [6.07, 6.45) is 3.32. The Bertz CT molecular complexity index is 917. The largest absolute Gasteiger partial charge is 0.380 e. The molecule has 1 aromatic heterocycles. The number of nitrogens with one attached hydrogen (secondary N) is 2. The smallest absolute Gasteiger partial charge is 0.257 e. The standard InChI is InChI=1S/C23H25N3O/c1-16(2)21-6-4-5-7-22(21)26-23(27)19-12-20(15-24-14-19)25-13-18-10-8-17(3)9-11-18/h4-12,14-16,25H,13H2,1-3H3,(H,26,27). The number of aryl methyl sites for hydroxylation is 1. The minimum Gasteiger partial charge on any atom is -0.380 e. The molecule has 0 aliphatic carbocycles. The predicted molar refractivity (Wildman–Crippen MR) is 111 cm³/mol. The van der Waals surface area contributed by atoms with Gasteiger partial charge in [0, 0.05) is 24.6 Å². The van der Waals surface area contributed by atoms with Crippen molar-refractivity contribution in [1.82, 2.24) is 4.98 Å². The lowest BCUT2D eigenvalue weighted by atomic mass is 10.0. The zero-order chi connectivity index (χ0) is 19.2. The summed E-state index contributed by atoms with van der Waals surface area (Å²) in [6, 6.07) is 18.1. The SMILES string of the molecule is Cc1ccc(CNc2cncc(C(=O)Nc3ccccc3C(C)C)c2)cc1. The maximum absolute atomic E-state index is 12.7. The van der Waals surface area contributed by atoms with Gasteiger partial charge in [0.15, 0.2) is 0 Å². The highest BCUT2D eigenvalue weighted by atomic mass is 16.1. The first kappa shape index (κ1) is 18.6. The monoisotopic (exact) mass is 359 g/mol. The molecule has 0 radical (unpaired) electrons. The average molecular weight is 359 g/mol. The number of para-hydroxylation sites is 1. The van der Waals surface area contributed by atoms with E-state index in [1.54, 1.807) is 12.4 Å². The van der Waals surface area contributed by atoms with Crippen LogP contribution < -0.4 is 10.6 Å². The molecular weight excluding hydrogens is 334 g/mol. The first-order chi connectivity index (χ1) is 13.0. The number of hydrogen-bond acceptors (Lipinski definition) is 3. The van der Waals surface area contributed by atoms with Crippen LogP contribution in [0.5, 0.6) is 0 Å². The van der Waals surface area contributed by atoms with Crippen molar-refractivity contribution >= 4 is 17.3 Å². The third-order valence-corrected chi connectivity index (χ3v) is 4.45. The second-order valence-corrected chi connectivity index (χ2v) is 7.00. The minimum atomic E-state index is -0.158. The Morgan fingerprint density at radius 3 is 2.52 bits per heavy atom. The molecule has 4 nitrogen and oxygen atoms in total. The Morgan fingerprint density at radius 1 is 1.04 bits per heavy atom. The van der Waals surface area contributed by atoms with Crippen molar-refractivity contribution in [1.29, 1.82) is 0 Å². The van der Waals surface area contributed by atoms with Crippen LogP contribution in [-0.2, 0) is 6.54 Å². The van der Waals surface area contributed by atoms with Gasteiger partial charge in [0.05, 0.1) is 11.3 Å². The van der Waals surface area contributed by atoms with Crippen LogP contribution in [0.2, 0.25) is 0 Å². The molecule has 0 atom stereocenters. The Labute approximate surface area is 160 Å². The number of anilines is 2. The van der Waals surface area contributed by atoms with Gasteiger partial charge in [-0.15, -0.1) is 0 Å². The first-order valence-corrected chi connectivity index (χ1v) is 9.17. The molecule has 0 bridgehead atoms. The normalized spacial score (nSPS) is 10.7. The maximum Gasteiger partial charge on any atom is 0.257 e. The minimum absolute atomic E-state index is 0.158. The van der Waals surface area contributed by atoms with Gasteiger partial charge in [-0.1, -0.05) is 61.9 Å². The molecule has 27 heavy (non-hydrogen) atoms. The molecule has 0 unspecified atom stereocenters. The van der Waals surface area contributed by atoms with Gasteiger partial charge in [-0.05, 0) is 36.1 Å². The van der Waals surface area contributed by atoms with Crippen molar-refractivity contribution in [3.63, 3.8) is 0 Å². The molecule has 0 aliphatic heterocycles. The number of pyridine rings is 1. The van der Waals surface area contributed by atoms with Crippen LogP contribution in [0.4, 0.5) is 11.4 Å². The van der Waals surface area contributed by atoms with Crippen molar-refractivity contribution in [3.8, 4) is 0 Å². The van der Waals surface area contributed by atoms with Gasteiger partial charge >= 0.3 is 0 Å². The van der Waals surface area contributed by atoms with Gasteiger partial charge in [0.2, 0.25) is 0 Å². The molecular formula is C23H25N3O. The summed E-state index contributed by atoms with van der Waals surface area (Å²) < 4.78 is 0. The number of aromatic nitrogens is 1. The molecule has 2 N–H and O–H groups in total. The van der Waals surface area contributed by atoms with Crippen LogP contribution in [0, 0.1) is 6.92 Å². The van der Waals surface area contributed by atoms with Gasteiger partial charge in [0.25, 0.3) is 5.91 Å². The highest BCUT2D eigenvalue weighted by Gasteiger charge is 2.11. The molecule has 2 aromatic carbocycles. The van der Waals surface area contributed by atoms with Crippen molar-refractivity contribution in [3.05, 3.63) is 89.2 Å². The zero-order valence-corrected chi connectivity index (χ0v) is 16.0. The number of rotatable bonds is 6. The van der Waals surface area contributed by atoms with Crippen LogP contribution in [-0.4, -0.2) is 10.9 Å². The maximum atomic E-state index is 12.7. The van der Waals surface area contributed by atoms with E-state index in [9.17, 15) is 4.79 Å². The number of carbonyl (C=O) groups is 1. The fourth-order valence-electron chi connectivity index (χ4n) is 2.88. The van der Waals surface area contributed by atoms with Crippen LogP contribution in [0.1, 0.15) is 46.8 Å². The molecule has 0 spiro atoms. The summed E-state index contributed by atoms with van der Waals surface area (Å²) in [5.41, 5.74) is 5.73. The van der Waals surface area contributed by atoms with E-state index in [-0.39, 0.29) is 5.91 Å². The lowest BCUT2D eigenvalue weighted by Crippen LogP contribution is -2.14. The van der Waals surface area contributed by atoms with Gasteiger partial charge in [-0.3, -0.25) is 9.78 Å². The van der Waals surface area contributed by atoms with E-state index in [1.807, 2.05) is 30.3 Å².